The molecule has 1 aromatic carbocycles. The summed E-state index contributed by atoms with van der Waals surface area (Å²) in [5.41, 5.74) is 0. The highest BCUT2D eigenvalue weighted by Crippen LogP contribution is 2.28. The fraction of sp³-hybridized carbons (Fsp3) is 0.619. The molecule has 25 heavy (non-hydrogen) atoms. The van der Waals surface area contributed by atoms with Crippen LogP contribution in [0.2, 0.25) is 0 Å². The zero-order chi connectivity index (χ0) is 18.5. The number of benzene rings is 1. The van der Waals surface area contributed by atoms with Gasteiger partial charge in [-0.1, -0.05) is 65.0 Å². The summed E-state index contributed by atoms with van der Waals surface area (Å²) in [6.07, 6.45) is 7.82. The number of hydrogen-bond acceptors (Lipinski definition) is 4. The van der Waals surface area contributed by atoms with Gasteiger partial charge >= 0.3 is 11.9 Å². The molecule has 0 atom stereocenters. The number of para-hydroxylation sites is 2. The molecule has 4 nitrogen and oxygen atoms in total. The van der Waals surface area contributed by atoms with Gasteiger partial charge in [0.2, 0.25) is 0 Å². The van der Waals surface area contributed by atoms with Crippen molar-refractivity contribution in [2.24, 2.45) is 5.92 Å². The second-order valence-corrected chi connectivity index (χ2v) is 6.43. The number of hydrogen-bond donors (Lipinski definition) is 0. The van der Waals surface area contributed by atoms with E-state index in [0.29, 0.717) is 30.3 Å². The highest BCUT2D eigenvalue weighted by Gasteiger charge is 2.14. The molecule has 4 heteroatoms. The molecule has 0 amide bonds. The monoisotopic (exact) mass is 348 g/mol. The molecule has 1 rings (SSSR count). The van der Waals surface area contributed by atoms with Crippen LogP contribution >= 0.6 is 0 Å². The van der Waals surface area contributed by atoms with E-state index in [2.05, 4.69) is 20.8 Å². The van der Waals surface area contributed by atoms with Crippen molar-refractivity contribution in [1.29, 1.82) is 0 Å². The Bertz CT molecular complexity index is 520. The number of carbonyl (C=O) groups is 2. The van der Waals surface area contributed by atoms with Gasteiger partial charge in [0, 0.05) is 12.8 Å². The second-order valence-electron chi connectivity index (χ2n) is 6.43. The molecule has 0 bridgehead atoms. The molecule has 0 aliphatic carbocycles. The summed E-state index contributed by atoms with van der Waals surface area (Å²) in [6.45, 7) is 6.40. The third-order valence-electron chi connectivity index (χ3n) is 4.44. The summed E-state index contributed by atoms with van der Waals surface area (Å²) in [5.74, 6) is 0.622. The lowest BCUT2D eigenvalue weighted by Crippen LogP contribution is -2.13. The summed E-state index contributed by atoms with van der Waals surface area (Å²) in [5, 5.41) is 0. The van der Waals surface area contributed by atoms with Gasteiger partial charge in [-0.2, -0.15) is 0 Å². The van der Waals surface area contributed by atoms with Crippen molar-refractivity contribution in [3.63, 3.8) is 0 Å². The van der Waals surface area contributed by atoms with Crippen LogP contribution < -0.4 is 9.47 Å². The van der Waals surface area contributed by atoms with Gasteiger partial charge in [-0.25, -0.2) is 0 Å². The number of carbonyl (C=O) groups excluding carboxylic acids is 2. The molecule has 0 aliphatic heterocycles. The van der Waals surface area contributed by atoms with Crippen molar-refractivity contribution in [2.75, 3.05) is 0 Å². The Morgan fingerprint density at radius 2 is 1.40 bits per heavy atom. The normalized spacial score (nSPS) is 10.7. The summed E-state index contributed by atoms with van der Waals surface area (Å²) in [4.78, 5) is 24.0. The Balaban J connectivity index is 2.52. The molecule has 0 fully saturated rings. The van der Waals surface area contributed by atoms with Gasteiger partial charge in [0.25, 0.3) is 0 Å². The Morgan fingerprint density at radius 3 is 1.92 bits per heavy atom. The Labute approximate surface area is 151 Å². The first-order valence-electron chi connectivity index (χ1n) is 9.61. The molecule has 0 saturated carbocycles. The van der Waals surface area contributed by atoms with Crippen LogP contribution in [0.1, 0.15) is 78.6 Å². The van der Waals surface area contributed by atoms with E-state index in [4.69, 9.17) is 9.47 Å². The number of esters is 2. The van der Waals surface area contributed by atoms with Gasteiger partial charge in [0.15, 0.2) is 11.5 Å². The van der Waals surface area contributed by atoms with Crippen LogP contribution in [-0.4, -0.2) is 11.9 Å². The molecule has 0 saturated heterocycles. The van der Waals surface area contributed by atoms with Gasteiger partial charge in [-0.05, 0) is 30.9 Å². The van der Waals surface area contributed by atoms with E-state index in [1.54, 1.807) is 24.3 Å². The summed E-state index contributed by atoms with van der Waals surface area (Å²) in [7, 11) is 0. The van der Waals surface area contributed by atoms with Crippen LogP contribution in [0.3, 0.4) is 0 Å². The van der Waals surface area contributed by atoms with Crippen molar-refractivity contribution in [1.82, 2.24) is 0 Å². The molecular formula is C21H32O4. The molecule has 0 heterocycles. The molecule has 0 aromatic heterocycles. The topological polar surface area (TPSA) is 52.6 Å². The van der Waals surface area contributed by atoms with Crippen LogP contribution in [0.15, 0.2) is 24.3 Å². The van der Waals surface area contributed by atoms with E-state index < -0.39 is 0 Å². The average Bonchev–Trinajstić information content (AvgIpc) is 2.61. The zero-order valence-electron chi connectivity index (χ0n) is 15.9. The van der Waals surface area contributed by atoms with E-state index >= 15 is 0 Å². The van der Waals surface area contributed by atoms with E-state index in [9.17, 15) is 9.59 Å². The predicted molar refractivity (Wildman–Crippen MR) is 99.8 cm³/mol. The molecule has 0 aliphatic rings. The van der Waals surface area contributed by atoms with Crippen LogP contribution in [0.5, 0.6) is 11.5 Å². The largest absolute Gasteiger partial charge is 0.423 e. The Morgan fingerprint density at radius 1 is 0.840 bits per heavy atom. The fourth-order valence-electron chi connectivity index (χ4n) is 2.68. The second kappa shape index (κ2) is 12.5. The van der Waals surface area contributed by atoms with E-state index in [1.807, 2.05) is 0 Å². The van der Waals surface area contributed by atoms with E-state index in [0.717, 1.165) is 44.9 Å². The molecule has 1 aromatic rings. The third kappa shape index (κ3) is 8.71. The van der Waals surface area contributed by atoms with Crippen LogP contribution in [0.25, 0.3) is 0 Å². The van der Waals surface area contributed by atoms with Crippen molar-refractivity contribution >= 4 is 11.9 Å². The molecule has 0 N–H and O–H groups in total. The van der Waals surface area contributed by atoms with Crippen molar-refractivity contribution < 1.29 is 19.1 Å². The molecule has 0 radical (unpaired) electrons. The number of rotatable bonds is 12. The van der Waals surface area contributed by atoms with Crippen molar-refractivity contribution in [3.8, 4) is 11.5 Å². The minimum absolute atomic E-state index is 0.279. The molecule has 140 valence electrons. The summed E-state index contributed by atoms with van der Waals surface area (Å²) < 4.78 is 10.8. The first kappa shape index (κ1) is 21.2. The lowest BCUT2D eigenvalue weighted by molar-refractivity contribution is -0.137. The van der Waals surface area contributed by atoms with Gasteiger partial charge in [-0.15, -0.1) is 0 Å². The Kier molecular flexibility index (Phi) is 10.6. The summed E-state index contributed by atoms with van der Waals surface area (Å²) in [6, 6.07) is 6.85. The highest BCUT2D eigenvalue weighted by molar-refractivity contribution is 5.76. The van der Waals surface area contributed by atoms with Crippen LogP contribution in [0.4, 0.5) is 0 Å². The zero-order valence-corrected chi connectivity index (χ0v) is 15.9. The van der Waals surface area contributed by atoms with Crippen molar-refractivity contribution in [2.45, 2.75) is 78.6 Å². The van der Waals surface area contributed by atoms with Gasteiger partial charge in [0.1, 0.15) is 0 Å². The maximum Gasteiger partial charge on any atom is 0.311 e. The van der Waals surface area contributed by atoms with E-state index in [1.165, 1.54) is 0 Å². The summed E-state index contributed by atoms with van der Waals surface area (Å²) >= 11 is 0. The van der Waals surface area contributed by atoms with Gasteiger partial charge in [0.05, 0.1) is 0 Å². The maximum atomic E-state index is 12.1. The molecular weight excluding hydrogens is 316 g/mol. The maximum absolute atomic E-state index is 12.1. The molecule has 0 spiro atoms. The first-order valence-corrected chi connectivity index (χ1v) is 9.61. The smallest absolute Gasteiger partial charge is 0.311 e. The highest BCUT2D eigenvalue weighted by atomic mass is 16.6. The lowest BCUT2D eigenvalue weighted by atomic mass is 9.98. The van der Waals surface area contributed by atoms with Gasteiger partial charge < -0.3 is 9.47 Å². The SMILES string of the molecule is CCCCCCC(=O)Oc1ccccc1OC(=O)CCC(CC)CC. The number of unbranched alkanes of at least 4 members (excludes halogenated alkanes) is 3. The van der Waals surface area contributed by atoms with Crippen molar-refractivity contribution in [3.05, 3.63) is 24.3 Å². The van der Waals surface area contributed by atoms with Crippen LogP contribution in [0, 0.1) is 5.92 Å². The fourth-order valence-corrected chi connectivity index (χ4v) is 2.68. The van der Waals surface area contributed by atoms with Gasteiger partial charge in [-0.3, -0.25) is 9.59 Å². The number of ether oxygens (including phenoxy) is 2. The van der Waals surface area contributed by atoms with Crippen LogP contribution in [-0.2, 0) is 9.59 Å². The third-order valence-corrected chi connectivity index (χ3v) is 4.44. The average molecular weight is 348 g/mol. The first-order chi connectivity index (χ1) is 12.1. The van der Waals surface area contributed by atoms with E-state index in [-0.39, 0.29) is 11.9 Å². The molecule has 0 unspecified atom stereocenters. The Hall–Kier alpha value is -1.84. The quantitative estimate of drug-likeness (QED) is 0.277. The minimum Gasteiger partial charge on any atom is -0.423 e. The minimum atomic E-state index is -0.281. The standard InChI is InChI=1S/C21H32O4/c1-4-7-8-9-14-20(22)24-18-12-10-11-13-19(18)25-21(23)16-15-17(5-2)6-3/h10-13,17H,4-9,14-16H2,1-3H3. The lowest BCUT2D eigenvalue weighted by Gasteiger charge is -2.13. The predicted octanol–water partition coefficient (Wildman–Crippen LogP) is 5.68.